The number of carbonyl (C=O) groups excluding carboxylic acids is 1. The fourth-order valence-electron chi connectivity index (χ4n) is 1.42. The minimum Gasteiger partial charge on any atom is -0.438 e. The summed E-state index contributed by atoms with van der Waals surface area (Å²) < 4.78 is 29.8. The molecule has 2 rings (SSSR count). The number of rotatable bonds is 4. The number of hydrogen-bond acceptors (Lipinski definition) is 6. The zero-order chi connectivity index (χ0) is 15.6. The molecule has 0 aliphatic rings. The zero-order valence-electron chi connectivity index (χ0n) is 11.2. The maximum absolute atomic E-state index is 12.0. The summed E-state index contributed by atoms with van der Waals surface area (Å²) in [7, 11) is -1.00. The second kappa shape index (κ2) is 5.69. The Morgan fingerprint density at radius 1 is 1.38 bits per heavy atom. The molecule has 1 N–H and O–H groups in total. The Labute approximate surface area is 125 Å². The van der Waals surface area contributed by atoms with Crippen LogP contribution in [0.3, 0.4) is 0 Å². The van der Waals surface area contributed by atoms with E-state index in [0.29, 0.717) is 10.6 Å². The quantitative estimate of drug-likeness (QED) is 0.921. The van der Waals surface area contributed by atoms with Crippen LogP contribution in [0.25, 0.3) is 0 Å². The Balaban J connectivity index is 2.23. The third-order valence-corrected chi connectivity index (χ3v) is 5.07. The number of nitriles is 1. The van der Waals surface area contributed by atoms with Crippen LogP contribution in [-0.2, 0) is 10.0 Å². The maximum atomic E-state index is 12.0. The molecule has 0 spiro atoms. The molecule has 2 aromatic rings. The van der Waals surface area contributed by atoms with Gasteiger partial charge in [0.05, 0.1) is 5.56 Å². The van der Waals surface area contributed by atoms with Crippen molar-refractivity contribution in [1.29, 1.82) is 5.26 Å². The van der Waals surface area contributed by atoms with E-state index in [4.69, 9.17) is 9.68 Å². The van der Waals surface area contributed by atoms with Crippen molar-refractivity contribution in [3.8, 4) is 6.07 Å². The molecule has 1 amide bonds. The highest BCUT2D eigenvalue weighted by atomic mass is 32.2. The second-order valence-electron chi connectivity index (χ2n) is 4.14. The van der Waals surface area contributed by atoms with Crippen molar-refractivity contribution in [2.75, 3.05) is 19.4 Å². The van der Waals surface area contributed by atoms with Gasteiger partial charge in [0.1, 0.15) is 11.1 Å². The standard InChI is InChI=1S/C12H11N3O4S2/c1-15(2)21(17,18)10-4-3-9(19-10)11(16)14-12-8(7-13)5-6-20-12/h3-6H,1-2H3,(H,14,16). The lowest BCUT2D eigenvalue weighted by atomic mass is 10.3. The summed E-state index contributed by atoms with van der Waals surface area (Å²) >= 11 is 1.19. The summed E-state index contributed by atoms with van der Waals surface area (Å²) in [5.74, 6) is -0.762. The van der Waals surface area contributed by atoms with Crippen LogP contribution in [0.5, 0.6) is 0 Å². The van der Waals surface area contributed by atoms with E-state index in [1.807, 2.05) is 6.07 Å². The number of hydrogen-bond donors (Lipinski definition) is 1. The normalized spacial score (nSPS) is 11.3. The van der Waals surface area contributed by atoms with Crippen LogP contribution in [0.15, 0.2) is 33.1 Å². The summed E-state index contributed by atoms with van der Waals surface area (Å²) in [4.78, 5) is 12.0. The van der Waals surface area contributed by atoms with Gasteiger partial charge in [-0.3, -0.25) is 4.79 Å². The van der Waals surface area contributed by atoms with E-state index in [9.17, 15) is 13.2 Å². The molecule has 110 valence electrons. The van der Waals surface area contributed by atoms with Crippen molar-refractivity contribution in [2.45, 2.75) is 5.09 Å². The first-order valence-corrected chi connectivity index (χ1v) is 7.99. The van der Waals surface area contributed by atoms with E-state index in [0.717, 1.165) is 4.31 Å². The van der Waals surface area contributed by atoms with E-state index < -0.39 is 15.9 Å². The molecule has 7 nitrogen and oxygen atoms in total. The van der Waals surface area contributed by atoms with E-state index >= 15 is 0 Å². The average molecular weight is 325 g/mol. The molecule has 0 bridgehead atoms. The molecular formula is C12H11N3O4S2. The Hall–Kier alpha value is -2.15. The minimum absolute atomic E-state index is 0.146. The van der Waals surface area contributed by atoms with Crippen molar-refractivity contribution in [3.63, 3.8) is 0 Å². The Morgan fingerprint density at radius 2 is 2.10 bits per heavy atom. The molecule has 2 heterocycles. The molecule has 0 atom stereocenters. The summed E-state index contributed by atoms with van der Waals surface area (Å²) in [6.45, 7) is 0. The molecule has 9 heteroatoms. The van der Waals surface area contributed by atoms with E-state index in [1.165, 1.54) is 37.6 Å². The third-order valence-electron chi connectivity index (χ3n) is 2.55. The topological polar surface area (TPSA) is 103 Å². The molecule has 21 heavy (non-hydrogen) atoms. The number of furan rings is 1. The van der Waals surface area contributed by atoms with E-state index in [1.54, 1.807) is 11.4 Å². The highest BCUT2D eigenvalue weighted by molar-refractivity contribution is 7.88. The van der Waals surface area contributed by atoms with Gasteiger partial charge in [0.2, 0.25) is 5.09 Å². The molecule has 0 aliphatic carbocycles. The average Bonchev–Trinajstić information content (AvgIpc) is 3.07. The minimum atomic E-state index is -3.73. The largest absolute Gasteiger partial charge is 0.438 e. The van der Waals surface area contributed by atoms with Gasteiger partial charge in [-0.15, -0.1) is 11.3 Å². The van der Waals surface area contributed by atoms with Gasteiger partial charge in [-0.1, -0.05) is 0 Å². The fourth-order valence-corrected chi connectivity index (χ4v) is 2.95. The smallest absolute Gasteiger partial charge is 0.292 e. The third kappa shape index (κ3) is 2.97. The Morgan fingerprint density at radius 3 is 2.71 bits per heavy atom. The van der Waals surface area contributed by atoms with Crippen LogP contribution in [0.4, 0.5) is 5.00 Å². The van der Waals surface area contributed by atoms with Crippen molar-refractivity contribution in [1.82, 2.24) is 4.31 Å². The van der Waals surface area contributed by atoms with Gasteiger partial charge in [0.25, 0.3) is 15.9 Å². The van der Waals surface area contributed by atoms with Crippen molar-refractivity contribution in [2.24, 2.45) is 0 Å². The molecule has 0 fully saturated rings. The number of thiophene rings is 1. The zero-order valence-corrected chi connectivity index (χ0v) is 12.8. The van der Waals surface area contributed by atoms with Crippen molar-refractivity contribution < 1.29 is 17.6 Å². The van der Waals surface area contributed by atoms with Crippen molar-refractivity contribution in [3.05, 3.63) is 34.9 Å². The number of amides is 1. The molecule has 0 radical (unpaired) electrons. The molecule has 0 saturated heterocycles. The summed E-state index contributed by atoms with van der Waals surface area (Å²) in [6, 6.07) is 5.99. The van der Waals surface area contributed by atoms with Gasteiger partial charge in [-0.25, -0.2) is 12.7 Å². The first-order chi connectivity index (χ1) is 9.86. The van der Waals surface area contributed by atoms with E-state index in [2.05, 4.69) is 5.32 Å². The van der Waals surface area contributed by atoms with Gasteiger partial charge in [-0.2, -0.15) is 5.26 Å². The van der Waals surface area contributed by atoms with Gasteiger partial charge >= 0.3 is 0 Å². The predicted molar refractivity (Wildman–Crippen MR) is 76.6 cm³/mol. The molecule has 0 aliphatic heterocycles. The lowest BCUT2D eigenvalue weighted by Crippen LogP contribution is -2.21. The van der Waals surface area contributed by atoms with Gasteiger partial charge < -0.3 is 9.73 Å². The highest BCUT2D eigenvalue weighted by Gasteiger charge is 2.23. The second-order valence-corrected chi connectivity index (χ2v) is 7.13. The first-order valence-electron chi connectivity index (χ1n) is 5.67. The first kappa shape index (κ1) is 15.2. The molecule has 2 aromatic heterocycles. The van der Waals surface area contributed by atoms with Gasteiger partial charge in [0.15, 0.2) is 5.76 Å². The SMILES string of the molecule is CN(C)S(=O)(=O)c1ccc(C(=O)Nc2sccc2C#N)o1. The number of nitrogens with zero attached hydrogens (tertiary/aromatic N) is 2. The number of sulfonamides is 1. The summed E-state index contributed by atoms with van der Waals surface area (Å²) in [5.41, 5.74) is 0.334. The molecular weight excluding hydrogens is 314 g/mol. The Kier molecular flexibility index (Phi) is 4.13. The molecule has 0 unspecified atom stereocenters. The van der Waals surface area contributed by atoms with E-state index in [-0.39, 0.29) is 10.9 Å². The van der Waals surface area contributed by atoms with Crippen LogP contribution in [-0.4, -0.2) is 32.7 Å². The van der Waals surface area contributed by atoms with Crippen LogP contribution in [0.1, 0.15) is 16.1 Å². The monoisotopic (exact) mass is 325 g/mol. The maximum Gasteiger partial charge on any atom is 0.292 e. The van der Waals surface area contributed by atoms with Crippen LogP contribution < -0.4 is 5.32 Å². The fraction of sp³-hybridized carbons (Fsp3) is 0.167. The summed E-state index contributed by atoms with van der Waals surface area (Å²) in [6.07, 6.45) is 0. The molecule has 0 aromatic carbocycles. The van der Waals surface area contributed by atoms with Crippen LogP contribution >= 0.6 is 11.3 Å². The highest BCUT2D eigenvalue weighted by Crippen LogP contribution is 2.24. The van der Waals surface area contributed by atoms with Crippen LogP contribution in [0.2, 0.25) is 0 Å². The number of nitrogens with one attached hydrogen (secondary N) is 1. The Bertz CT molecular complexity index is 812. The lowest BCUT2D eigenvalue weighted by molar-refractivity contribution is 0.0991. The predicted octanol–water partition coefficient (Wildman–Crippen LogP) is 1.72. The summed E-state index contributed by atoms with van der Waals surface area (Å²) in [5, 5.41) is 13.1. The number of carbonyl (C=O) groups is 1. The molecule has 0 saturated carbocycles. The lowest BCUT2D eigenvalue weighted by Gasteiger charge is -2.07. The van der Waals surface area contributed by atoms with Crippen molar-refractivity contribution >= 4 is 32.3 Å². The van der Waals surface area contributed by atoms with Crippen LogP contribution in [0, 0.1) is 11.3 Å². The number of anilines is 1. The van der Waals surface area contributed by atoms with Gasteiger partial charge in [0, 0.05) is 14.1 Å². The van der Waals surface area contributed by atoms with Gasteiger partial charge in [-0.05, 0) is 23.6 Å².